The van der Waals surface area contributed by atoms with E-state index in [1.807, 2.05) is 43.3 Å². The summed E-state index contributed by atoms with van der Waals surface area (Å²) in [6.07, 6.45) is 4.68. The normalized spacial score (nSPS) is 24.7. The van der Waals surface area contributed by atoms with Crippen LogP contribution in [0.2, 0.25) is 0 Å². The van der Waals surface area contributed by atoms with Crippen LogP contribution in [0.3, 0.4) is 0 Å². The molecule has 132 valence electrons. The molecule has 2 aromatic carbocycles. The van der Waals surface area contributed by atoms with Crippen molar-refractivity contribution in [3.8, 4) is 11.5 Å². The smallest absolute Gasteiger partial charge is 0.238 e. The largest absolute Gasteiger partial charge is 0.457 e. The number of allylic oxidation sites excluding steroid dienone is 2. The molecule has 1 aliphatic heterocycles. The van der Waals surface area contributed by atoms with E-state index in [4.69, 9.17) is 4.74 Å². The lowest BCUT2D eigenvalue weighted by molar-refractivity contribution is -0.122. The number of hydrogen-bond donors (Lipinski definition) is 0. The number of benzene rings is 2. The zero-order valence-electron chi connectivity index (χ0n) is 14.3. The SMILES string of the molecule is C[C@H]1C=CC[C@@H]2C(=O)N(c3ccc(Oc4ccc(Br)cc4)cc3)C(=O)[C@@H]21. The molecule has 1 fully saturated rings. The second kappa shape index (κ2) is 6.72. The molecule has 1 aliphatic carbocycles. The fourth-order valence-corrected chi connectivity index (χ4v) is 3.97. The van der Waals surface area contributed by atoms with Crippen LogP contribution in [0.5, 0.6) is 11.5 Å². The summed E-state index contributed by atoms with van der Waals surface area (Å²) in [4.78, 5) is 26.9. The van der Waals surface area contributed by atoms with E-state index < -0.39 is 0 Å². The summed E-state index contributed by atoms with van der Waals surface area (Å²) >= 11 is 3.39. The van der Waals surface area contributed by atoms with Crippen LogP contribution in [-0.4, -0.2) is 11.8 Å². The summed E-state index contributed by atoms with van der Waals surface area (Å²) in [6, 6.07) is 14.6. The van der Waals surface area contributed by atoms with Crippen molar-refractivity contribution in [1.29, 1.82) is 0 Å². The minimum Gasteiger partial charge on any atom is -0.457 e. The lowest BCUT2D eigenvalue weighted by Gasteiger charge is -2.22. The topological polar surface area (TPSA) is 46.6 Å². The van der Waals surface area contributed by atoms with Crippen LogP contribution in [0.25, 0.3) is 0 Å². The summed E-state index contributed by atoms with van der Waals surface area (Å²) in [5.74, 6) is 0.793. The summed E-state index contributed by atoms with van der Waals surface area (Å²) in [6.45, 7) is 2.00. The van der Waals surface area contributed by atoms with Crippen molar-refractivity contribution in [3.05, 3.63) is 65.2 Å². The summed E-state index contributed by atoms with van der Waals surface area (Å²) < 4.78 is 6.78. The van der Waals surface area contributed by atoms with E-state index in [-0.39, 0.29) is 29.6 Å². The molecule has 4 nitrogen and oxygen atoms in total. The fraction of sp³-hybridized carbons (Fsp3) is 0.238. The van der Waals surface area contributed by atoms with E-state index in [0.29, 0.717) is 17.9 Å². The summed E-state index contributed by atoms with van der Waals surface area (Å²) in [5, 5.41) is 0. The number of imide groups is 1. The monoisotopic (exact) mass is 411 g/mol. The van der Waals surface area contributed by atoms with Crippen LogP contribution in [0.15, 0.2) is 65.2 Å². The van der Waals surface area contributed by atoms with Gasteiger partial charge in [-0.05, 0) is 60.9 Å². The Labute approximate surface area is 160 Å². The molecule has 1 saturated heterocycles. The fourth-order valence-electron chi connectivity index (χ4n) is 3.70. The third-order valence-corrected chi connectivity index (χ3v) is 5.55. The second-order valence-corrected chi connectivity index (χ2v) is 7.63. The van der Waals surface area contributed by atoms with Crippen LogP contribution in [0, 0.1) is 17.8 Å². The molecule has 0 unspecified atom stereocenters. The maximum atomic E-state index is 12.8. The van der Waals surface area contributed by atoms with Gasteiger partial charge in [0.25, 0.3) is 0 Å². The number of fused-ring (bicyclic) bond motifs is 1. The van der Waals surface area contributed by atoms with Gasteiger partial charge in [-0.15, -0.1) is 0 Å². The van der Waals surface area contributed by atoms with Crippen LogP contribution >= 0.6 is 15.9 Å². The number of hydrogen-bond acceptors (Lipinski definition) is 3. The predicted octanol–water partition coefficient (Wildman–Crippen LogP) is 4.94. The molecular weight excluding hydrogens is 394 g/mol. The van der Waals surface area contributed by atoms with Crippen molar-refractivity contribution in [2.45, 2.75) is 13.3 Å². The number of rotatable bonds is 3. The van der Waals surface area contributed by atoms with E-state index in [1.54, 1.807) is 24.3 Å². The standard InChI is InChI=1S/C21H18BrNO3/c1-13-3-2-4-18-19(13)21(25)23(20(18)24)15-7-11-17(12-8-15)26-16-9-5-14(22)6-10-16/h2-3,5-13,18-19H,4H2,1H3/t13-,18-,19+/m0/s1. The first-order valence-corrected chi connectivity index (χ1v) is 9.42. The molecule has 0 radical (unpaired) electrons. The van der Waals surface area contributed by atoms with Crippen molar-refractivity contribution in [1.82, 2.24) is 0 Å². The predicted molar refractivity (Wildman–Crippen MR) is 103 cm³/mol. The van der Waals surface area contributed by atoms with Crippen LogP contribution in [-0.2, 0) is 9.59 Å². The molecule has 0 saturated carbocycles. The Balaban J connectivity index is 1.54. The zero-order chi connectivity index (χ0) is 18.3. The van der Waals surface area contributed by atoms with Gasteiger partial charge in [0.15, 0.2) is 0 Å². The molecule has 2 amide bonds. The van der Waals surface area contributed by atoms with Crippen molar-refractivity contribution in [2.24, 2.45) is 17.8 Å². The number of ether oxygens (including phenoxy) is 1. The highest BCUT2D eigenvalue weighted by Crippen LogP contribution is 2.40. The van der Waals surface area contributed by atoms with E-state index in [2.05, 4.69) is 15.9 Å². The van der Waals surface area contributed by atoms with Crippen molar-refractivity contribution in [2.75, 3.05) is 4.90 Å². The minimum absolute atomic E-state index is 0.0928. The molecule has 26 heavy (non-hydrogen) atoms. The first-order valence-electron chi connectivity index (χ1n) is 8.62. The summed E-state index contributed by atoms with van der Waals surface area (Å²) in [7, 11) is 0. The van der Waals surface area contributed by atoms with Gasteiger partial charge in [-0.25, -0.2) is 0 Å². The van der Waals surface area contributed by atoms with Crippen LogP contribution in [0.4, 0.5) is 5.69 Å². The third kappa shape index (κ3) is 2.97. The average molecular weight is 412 g/mol. The van der Waals surface area contributed by atoms with Gasteiger partial charge in [0.05, 0.1) is 17.5 Å². The van der Waals surface area contributed by atoms with Gasteiger partial charge in [0, 0.05) is 4.47 Å². The maximum Gasteiger partial charge on any atom is 0.238 e. The van der Waals surface area contributed by atoms with Gasteiger partial charge >= 0.3 is 0 Å². The number of amides is 2. The number of carbonyl (C=O) groups excluding carboxylic acids is 2. The van der Waals surface area contributed by atoms with Crippen molar-refractivity contribution < 1.29 is 14.3 Å². The summed E-state index contributed by atoms with van der Waals surface area (Å²) in [5.41, 5.74) is 0.602. The van der Waals surface area contributed by atoms with Crippen molar-refractivity contribution >= 4 is 33.4 Å². The van der Waals surface area contributed by atoms with Gasteiger partial charge in [-0.3, -0.25) is 14.5 Å². The van der Waals surface area contributed by atoms with E-state index >= 15 is 0 Å². The Morgan fingerprint density at radius 3 is 2.19 bits per heavy atom. The van der Waals surface area contributed by atoms with Crippen molar-refractivity contribution in [3.63, 3.8) is 0 Å². The number of carbonyl (C=O) groups is 2. The Morgan fingerprint density at radius 2 is 1.58 bits per heavy atom. The molecule has 0 N–H and O–H groups in total. The minimum atomic E-state index is -0.244. The highest BCUT2D eigenvalue weighted by Gasteiger charge is 2.50. The average Bonchev–Trinajstić information content (AvgIpc) is 2.90. The van der Waals surface area contributed by atoms with Crippen LogP contribution < -0.4 is 9.64 Å². The molecule has 3 atom stereocenters. The van der Waals surface area contributed by atoms with Gasteiger partial charge in [0.2, 0.25) is 11.8 Å². The Hall–Kier alpha value is -2.40. The second-order valence-electron chi connectivity index (χ2n) is 6.72. The van der Waals surface area contributed by atoms with Gasteiger partial charge < -0.3 is 4.74 Å². The molecule has 2 aromatic rings. The molecule has 5 heteroatoms. The lowest BCUT2D eigenvalue weighted by Crippen LogP contribution is -2.31. The number of anilines is 1. The van der Waals surface area contributed by atoms with E-state index in [0.717, 1.165) is 10.2 Å². The molecule has 0 bridgehead atoms. The molecule has 0 spiro atoms. The number of nitrogens with zero attached hydrogens (tertiary/aromatic N) is 1. The number of halogens is 1. The molecule has 0 aromatic heterocycles. The highest BCUT2D eigenvalue weighted by atomic mass is 79.9. The highest BCUT2D eigenvalue weighted by molar-refractivity contribution is 9.10. The van der Waals surface area contributed by atoms with E-state index in [9.17, 15) is 9.59 Å². The zero-order valence-corrected chi connectivity index (χ0v) is 15.8. The first kappa shape index (κ1) is 17.0. The third-order valence-electron chi connectivity index (χ3n) is 5.02. The molecule has 1 heterocycles. The van der Waals surface area contributed by atoms with Gasteiger partial charge in [-0.2, -0.15) is 0 Å². The molecule has 4 rings (SSSR count). The Bertz CT molecular complexity index is 873. The Kier molecular flexibility index (Phi) is 4.41. The molecule has 2 aliphatic rings. The van der Waals surface area contributed by atoms with Gasteiger partial charge in [0.1, 0.15) is 11.5 Å². The quantitative estimate of drug-likeness (QED) is 0.530. The maximum absolute atomic E-state index is 12.8. The first-order chi connectivity index (χ1) is 12.5. The van der Waals surface area contributed by atoms with Crippen LogP contribution in [0.1, 0.15) is 13.3 Å². The van der Waals surface area contributed by atoms with Gasteiger partial charge in [-0.1, -0.05) is 35.0 Å². The van der Waals surface area contributed by atoms with E-state index in [1.165, 1.54) is 4.90 Å². The molecular formula is C21H18BrNO3. The Morgan fingerprint density at radius 1 is 0.962 bits per heavy atom. The lowest BCUT2D eigenvalue weighted by atomic mass is 9.78.